The van der Waals surface area contributed by atoms with Crippen LogP contribution in [0, 0.1) is 18.8 Å². The third-order valence-corrected chi connectivity index (χ3v) is 5.18. The van der Waals surface area contributed by atoms with Gasteiger partial charge in [0.1, 0.15) is 0 Å². The molecule has 8 heteroatoms. The van der Waals surface area contributed by atoms with Crippen LogP contribution in [0.5, 0.6) is 0 Å². The first-order chi connectivity index (χ1) is 10.6. The van der Waals surface area contributed by atoms with Gasteiger partial charge in [-0.05, 0) is 25.0 Å². The van der Waals surface area contributed by atoms with Crippen LogP contribution in [0.1, 0.15) is 33.5 Å². The Morgan fingerprint density at radius 3 is 2.52 bits per heavy atom. The number of carboxylic acids is 1. The van der Waals surface area contributed by atoms with E-state index >= 15 is 0 Å². The highest BCUT2D eigenvalue weighted by Gasteiger charge is 2.53. The number of carboxylic acid groups (broad SMARTS) is 1. The second-order valence-electron chi connectivity index (χ2n) is 5.75. The number of carbonyl (C=O) groups excluding carboxylic acids is 1. The molecule has 0 unspecified atom stereocenters. The normalized spacial score (nSPS) is 21.7. The van der Waals surface area contributed by atoms with E-state index in [1.807, 2.05) is 13.8 Å². The van der Waals surface area contributed by atoms with Crippen molar-refractivity contribution >= 4 is 23.2 Å². The molecular formula is C15H18F3NO3S. The lowest BCUT2D eigenvalue weighted by Crippen LogP contribution is -2.34. The Kier molecular flexibility index (Phi) is 5.03. The van der Waals surface area contributed by atoms with Crippen molar-refractivity contribution in [1.82, 2.24) is 4.90 Å². The third kappa shape index (κ3) is 3.68. The van der Waals surface area contributed by atoms with Crippen LogP contribution in [0.25, 0.3) is 0 Å². The smallest absolute Gasteiger partial charge is 0.394 e. The highest BCUT2D eigenvalue weighted by molar-refractivity contribution is 7.14. The molecule has 0 spiro atoms. The summed E-state index contributed by atoms with van der Waals surface area (Å²) in [6.45, 7) is 2.87. The monoisotopic (exact) mass is 349 g/mol. The number of halogens is 3. The average Bonchev–Trinajstić information content (AvgIpc) is 3.03. The number of carbonyl (C=O) groups is 2. The number of aliphatic carboxylic acids is 1. The van der Waals surface area contributed by atoms with Crippen LogP contribution in [-0.4, -0.2) is 41.1 Å². The molecule has 1 aromatic heterocycles. The lowest BCUT2D eigenvalue weighted by molar-refractivity contribution is -0.187. The number of hydrogen-bond acceptors (Lipinski definition) is 3. The summed E-state index contributed by atoms with van der Waals surface area (Å²) in [6.07, 6.45) is -2.92. The summed E-state index contributed by atoms with van der Waals surface area (Å²) in [4.78, 5) is 25.9. The molecular weight excluding hydrogens is 331 g/mol. The third-order valence-electron chi connectivity index (χ3n) is 4.10. The van der Waals surface area contributed by atoms with Gasteiger partial charge >= 0.3 is 12.1 Å². The molecule has 1 aliphatic rings. The molecule has 0 radical (unpaired) electrons. The number of aryl methyl sites for hydroxylation is 2. The number of alkyl halides is 3. The Morgan fingerprint density at radius 1 is 1.39 bits per heavy atom. The quantitative estimate of drug-likeness (QED) is 0.907. The molecule has 1 N–H and O–H groups in total. The molecule has 1 aliphatic heterocycles. The Balaban J connectivity index is 2.20. The largest absolute Gasteiger partial charge is 0.481 e. The fourth-order valence-electron chi connectivity index (χ4n) is 2.85. The maximum Gasteiger partial charge on any atom is 0.394 e. The van der Waals surface area contributed by atoms with Gasteiger partial charge in [-0.15, -0.1) is 11.3 Å². The summed E-state index contributed by atoms with van der Waals surface area (Å²) < 4.78 is 38.9. The van der Waals surface area contributed by atoms with E-state index in [-0.39, 0.29) is 0 Å². The fraction of sp³-hybridized carbons (Fsp3) is 0.600. The van der Waals surface area contributed by atoms with Crippen molar-refractivity contribution in [2.24, 2.45) is 11.8 Å². The lowest BCUT2D eigenvalue weighted by Gasteiger charge is -2.18. The number of rotatable bonds is 4. The number of amides is 1. The van der Waals surface area contributed by atoms with E-state index in [4.69, 9.17) is 5.11 Å². The molecule has 4 nitrogen and oxygen atoms in total. The van der Waals surface area contributed by atoms with Crippen LogP contribution >= 0.6 is 11.3 Å². The highest BCUT2D eigenvalue weighted by atomic mass is 32.1. The summed E-state index contributed by atoms with van der Waals surface area (Å²) in [5.41, 5.74) is 1.02. The van der Waals surface area contributed by atoms with Gasteiger partial charge in [0.2, 0.25) is 0 Å². The van der Waals surface area contributed by atoms with Gasteiger partial charge in [0.15, 0.2) is 0 Å². The maximum atomic E-state index is 13.0. The van der Waals surface area contributed by atoms with Gasteiger partial charge in [-0.3, -0.25) is 9.59 Å². The van der Waals surface area contributed by atoms with Gasteiger partial charge in [-0.2, -0.15) is 13.2 Å². The zero-order valence-corrected chi connectivity index (χ0v) is 13.6. The fourth-order valence-corrected chi connectivity index (χ4v) is 3.89. The van der Waals surface area contributed by atoms with Gasteiger partial charge < -0.3 is 10.0 Å². The molecule has 0 aliphatic carbocycles. The molecule has 2 atom stereocenters. The first-order valence-corrected chi connectivity index (χ1v) is 8.14. The highest BCUT2D eigenvalue weighted by Crippen LogP contribution is 2.38. The number of likely N-dealkylation sites (tertiary alicyclic amines) is 1. The van der Waals surface area contributed by atoms with Crippen LogP contribution in [-0.2, 0) is 11.2 Å². The minimum absolute atomic E-state index is 0.373. The zero-order valence-electron chi connectivity index (χ0n) is 12.8. The molecule has 2 heterocycles. The van der Waals surface area contributed by atoms with Crippen molar-refractivity contribution in [2.75, 3.05) is 13.1 Å². The van der Waals surface area contributed by atoms with Crippen molar-refractivity contribution in [1.29, 1.82) is 0 Å². The Morgan fingerprint density at radius 2 is 2.04 bits per heavy atom. The van der Waals surface area contributed by atoms with Gasteiger partial charge in [-0.25, -0.2) is 0 Å². The van der Waals surface area contributed by atoms with Gasteiger partial charge in [0.05, 0.1) is 16.7 Å². The molecule has 1 fully saturated rings. The minimum Gasteiger partial charge on any atom is -0.481 e. The summed E-state index contributed by atoms with van der Waals surface area (Å²) in [5.74, 6) is -5.65. The van der Waals surface area contributed by atoms with E-state index in [0.29, 0.717) is 4.88 Å². The standard InChI is InChI=1S/C15H18F3NO3S/c1-3-4-9-5-12(23-8(9)2)13(20)19-6-10(14(21)22)11(7-19)15(16,17)18/h5,10-11H,3-4,6-7H2,1-2H3,(H,21,22)/t10-,11-/m1/s1. The second kappa shape index (κ2) is 6.51. The molecule has 23 heavy (non-hydrogen) atoms. The van der Waals surface area contributed by atoms with E-state index in [1.165, 1.54) is 11.3 Å². The van der Waals surface area contributed by atoms with Crippen molar-refractivity contribution in [3.8, 4) is 0 Å². The SMILES string of the molecule is CCCc1cc(C(=O)N2C[C@@H](C(F)(F)F)[C@H](C(=O)O)C2)sc1C. The molecule has 1 saturated heterocycles. The van der Waals surface area contributed by atoms with Crippen LogP contribution in [0.4, 0.5) is 13.2 Å². The molecule has 1 amide bonds. The van der Waals surface area contributed by atoms with E-state index < -0.39 is 43.0 Å². The molecule has 0 aromatic carbocycles. The lowest BCUT2D eigenvalue weighted by atomic mass is 9.96. The Bertz CT molecular complexity index is 612. The van der Waals surface area contributed by atoms with E-state index in [1.54, 1.807) is 6.07 Å². The van der Waals surface area contributed by atoms with E-state index in [0.717, 1.165) is 28.2 Å². The van der Waals surface area contributed by atoms with Crippen LogP contribution in [0.3, 0.4) is 0 Å². The van der Waals surface area contributed by atoms with Crippen LogP contribution in [0.15, 0.2) is 6.07 Å². The Hall–Kier alpha value is -1.57. The summed E-state index contributed by atoms with van der Waals surface area (Å²) in [5, 5.41) is 9.00. The molecule has 0 saturated carbocycles. The van der Waals surface area contributed by atoms with E-state index in [2.05, 4.69) is 0 Å². The molecule has 128 valence electrons. The topological polar surface area (TPSA) is 57.6 Å². The van der Waals surface area contributed by atoms with E-state index in [9.17, 15) is 22.8 Å². The molecule has 1 aromatic rings. The maximum absolute atomic E-state index is 13.0. The Labute approximate surface area is 135 Å². The van der Waals surface area contributed by atoms with Crippen molar-refractivity contribution in [2.45, 2.75) is 32.9 Å². The summed E-state index contributed by atoms with van der Waals surface area (Å²) in [6, 6.07) is 1.71. The van der Waals surface area contributed by atoms with Gasteiger partial charge in [0, 0.05) is 18.0 Å². The first-order valence-electron chi connectivity index (χ1n) is 7.33. The van der Waals surface area contributed by atoms with Crippen LogP contribution in [0.2, 0.25) is 0 Å². The second-order valence-corrected chi connectivity index (χ2v) is 7.00. The predicted octanol–water partition coefficient (Wildman–Crippen LogP) is 3.34. The number of nitrogens with zero attached hydrogens (tertiary/aromatic N) is 1. The number of hydrogen-bond donors (Lipinski definition) is 1. The van der Waals surface area contributed by atoms with Gasteiger partial charge in [-0.1, -0.05) is 13.3 Å². The number of thiophene rings is 1. The van der Waals surface area contributed by atoms with Crippen LogP contribution < -0.4 is 0 Å². The summed E-state index contributed by atoms with van der Waals surface area (Å²) >= 11 is 1.25. The zero-order chi connectivity index (χ0) is 17.4. The van der Waals surface area contributed by atoms with Crippen molar-refractivity contribution < 1.29 is 27.9 Å². The average molecular weight is 349 g/mol. The minimum atomic E-state index is -4.63. The molecule has 0 bridgehead atoms. The first kappa shape index (κ1) is 17.8. The molecule has 2 rings (SSSR count). The van der Waals surface area contributed by atoms with Gasteiger partial charge in [0.25, 0.3) is 5.91 Å². The van der Waals surface area contributed by atoms with Crippen molar-refractivity contribution in [3.05, 3.63) is 21.4 Å². The predicted molar refractivity (Wildman–Crippen MR) is 79.6 cm³/mol. The summed E-state index contributed by atoms with van der Waals surface area (Å²) in [7, 11) is 0. The van der Waals surface area contributed by atoms with Crippen molar-refractivity contribution in [3.63, 3.8) is 0 Å².